The first kappa shape index (κ1) is 9.81. The quantitative estimate of drug-likeness (QED) is 0.710. The van der Waals surface area contributed by atoms with E-state index in [0.717, 1.165) is 0 Å². The van der Waals surface area contributed by atoms with E-state index in [0.29, 0.717) is 5.69 Å². The molecule has 1 aromatic carbocycles. The lowest BCUT2D eigenvalue weighted by Gasteiger charge is -2.03. The number of benzene rings is 1. The van der Waals surface area contributed by atoms with Crippen molar-refractivity contribution in [2.45, 2.75) is 0 Å². The van der Waals surface area contributed by atoms with Crippen molar-refractivity contribution in [3.8, 4) is 6.07 Å². The lowest BCUT2D eigenvalue weighted by Crippen LogP contribution is -1.99. The van der Waals surface area contributed by atoms with Crippen molar-refractivity contribution >= 4 is 11.7 Å². The van der Waals surface area contributed by atoms with Crippen LogP contribution in [0.5, 0.6) is 0 Å². The molecule has 0 aliphatic heterocycles. The van der Waals surface area contributed by atoms with Crippen LogP contribution in [0.3, 0.4) is 0 Å². The molecule has 0 aliphatic rings. The number of carboxylic acid groups (broad SMARTS) is 1. The Morgan fingerprint density at radius 3 is 2.86 bits per heavy atom. The molecule has 0 amide bonds. The van der Waals surface area contributed by atoms with Crippen molar-refractivity contribution in [2.24, 2.45) is 0 Å². The van der Waals surface area contributed by atoms with E-state index in [1.807, 2.05) is 6.07 Å². The zero-order valence-electron chi connectivity index (χ0n) is 7.32. The average molecular weight is 188 g/mol. The van der Waals surface area contributed by atoms with Gasteiger partial charge in [0.2, 0.25) is 0 Å². The maximum Gasteiger partial charge on any atom is 0.335 e. The Bertz CT molecular complexity index is 418. The molecular weight excluding hydrogens is 180 g/mol. The van der Waals surface area contributed by atoms with E-state index in [-0.39, 0.29) is 11.3 Å². The molecule has 0 atom stereocenters. The summed E-state index contributed by atoms with van der Waals surface area (Å²) in [5.41, 5.74) is 0.879. The Kier molecular flexibility index (Phi) is 2.87. The minimum absolute atomic E-state index is 0.167. The van der Waals surface area contributed by atoms with Crippen LogP contribution in [0.4, 0.5) is 5.69 Å². The summed E-state index contributed by atoms with van der Waals surface area (Å²) in [6, 6.07) is 7.97. The summed E-state index contributed by atoms with van der Waals surface area (Å²) in [5.74, 6) is -1.00. The topological polar surface area (TPSA) is 73.1 Å². The zero-order chi connectivity index (χ0) is 10.6. The van der Waals surface area contributed by atoms with E-state index in [2.05, 4.69) is 11.9 Å². The molecule has 0 unspecified atom stereocenters. The van der Waals surface area contributed by atoms with Gasteiger partial charge in [0.15, 0.2) is 0 Å². The van der Waals surface area contributed by atoms with E-state index < -0.39 is 5.97 Å². The van der Waals surface area contributed by atoms with E-state index in [1.54, 1.807) is 12.1 Å². The molecule has 0 aliphatic carbocycles. The number of rotatable bonds is 3. The van der Waals surface area contributed by atoms with Crippen LogP contribution in [0.25, 0.3) is 0 Å². The first-order valence-corrected chi connectivity index (χ1v) is 3.83. The summed E-state index contributed by atoms with van der Waals surface area (Å²) < 4.78 is 0. The van der Waals surface area contributed by atoms with Gasteiger partial charge in [0.05, 0.1) is 5.56 Å². The second kappa shape index (κ2) is 4.10. The first-order chi connectivity index (χ1) is 6.63. The van der Waals surface area contributed by atoms with Crippen molar-refractivity contribution in [1.29, 1.82) is 5.26 Å². The van der Waals surface area contributed by atoms with Crippen LogP contribution in [0.15, 0.2) is 36.5 Å². The van der Waals surface area contributed by atoms with Crippen molar-refractivity contribution < 1.29 is 9.90 Å². The second-order valence-electron chi connectivity index (χ2n) is 2.60. The van der Waals surface area contributed by atoms with Gasteiger partial charge in [-0.3, -0.25) is 0 Å². The molecule has 0 bridgehead atoms. The Labute approximate surface area is 81.1 Å². The van der Waals surface area contributed by atoms with Gasteiger partial charge in [0, 0.05) is 5.69 Å². The van der Waals surface area contributed by atoms with Gasteiger partial charge >= 0.3 is 5.97 Å². The van der Waals surface area contributed by atoms with Crippen molar-refractivity contribution in [3.63, 3.8) is 0 Å². The SMILES string of the molecule is C=C(C#N)Nc1cccc(C(=O)O)c1. The lowest BCUT2D eigenvalue weighted by molar-refractivity contribution is 0.0697. The van der Waals surface area contributed by atoms with Gasteiger partial charge in [-0.15, -0.1) is 0 Å². The molecule has 0 saturated carbocycles. The largest absolute Gasteiger partial charge is 0.478 e. The van der Waals surface area contributed by atoms with Gasteiger partial charge in [-0.1, -0.05) is 12.6 Å². The molecule has 1 rings (SSSR count). The fraction of sp³-hybridized carbons (Fsp3) is 0. The number of carboxylic acids is 1. The van der Waals surface area contributed by atoms with Crippen LogP contribution in [0.1, 0.15) is 10.4 Å². The Morgan fingerprint density at radius 1 is 1.57 bits per heavy atom. The number of allylic oxidation sites excluding steroid dienone is 1. The highest BCUT2D eigenvalue weighted by atomic mass is 16.4. The molecule has 70 valence electrons. The number of nitrogens with one attached hydrogen (secondary N) is 1. The number of hydrogen-bond acceptors (Lipinski definition) is 3. The Hall–Kier alpha value is -2.28. The molecule has 0 saturated heterocycles. The monoisotopic (exact) mass is 188 g/mol. The van der Waals surface area contributed by atoms with Crippen molar-refractivity contribution in [1.82, 2.24) is 0 Å². The van der Waals surface area contributed by atoms with Gasteiger partial charge in [-0.25, -0.2) is 4.79 Å². The average Bonchev–Trinajstić information content (AvgIpc) is 2.18. The standard InChI is InChI=1S/C10H8N2O2/c1-7(6-11)12-9-4-2-3-8(5-9)10(13)14/h2-5,12H,1H2,(H,13,14). The van der Waals surface area contributed by atoms with E-state index in [4.69, 9.17) is 10.4 Å². The maximum absolute atomic E-state index is 10.6. The molecule has 4 nitrogen and oxygen atoms in total. The smallest absolute Gasteiger partial charge is 0.335 e. The van der Waals surface area contributed by atoms with Crippen molar-refractivity contribution in [2.75, 3.05) is 5.32 Å². The van der Waals surface area contributed by atoms with Crippen LogP contribution < -0.4 is 5.32 Å². The lowest BCUT2D eigenvalue weighted by atomic mass is 10.2. The van der Waals surface area contributed by atoms with E-state index >= 15 is 0 Å². The second-order valence-corrected chi connectivity index (χ2v) is 2.60. The predicted molar refractivity (Wildman–Crippen MR) is 51.8 cm³/mol. The highest BCUT2D eigenvalue weighted by Gasteiger charge is 2.02. The van der Waals surface area contributed by atoms with E-state index in [1.165, 1.54) is 12.1 Å². The summed E-state index contributed by atoms with van der Waals surface area (Å²) in [4.78, 5) is 10.6. The number of hydrogen-bond donors (Lipinski definition) is 2. The molecule has 4 heteroatoms. The molecule has 0 radical (unpaired) electrons. The third-order valence-electron chi connectivity index (χ3n) is 1.54. The van der Waals surface area contributed by atoms with Gasteiger partial charge in [-0.05, 0) is 18.2 Å². The first-order valence-electron chi connectivity index (χ1n) is 3.83. The Balaban J connectivity index is 2.90. The molecule has 14 heavy (non-hydrogen) atoms. The molecule has 1 aromatic rings. The number of nitrogens with zero attached hydrogens (tertiary/aromatic N) is 1. The van der Waals surface area contributed by atoms with Crippen LogP contribution >= 0.6 is 0 Å². The van der Waals surface area contributed by atoms with Crippen LogP contribution in [-0.2, 0) is 0 Å². The summed E-state index contributed by atoms with van der Waals surface area (Å²) in [5, 5.41) is 19.8. The van der Waals surface area contributed by atoms with Gasteiger partial charge in [0.1, 0.15) is 11.8 Å². The van der Waals surface area contributed by atoms with E-state index in [9.17, 15) is 4.79 Å². The van der Waals surface area contributed by atoms with Gasteiger partial charge < -0.3 is 10.4 Å². The molecular formula is C10H8N2O2. The number of carbonyl (C=O) groups is 1. The number of anilines is 1. The molecule has 0 fully saturated rings. The van der Waals surface area contributed by atoms with Crippen LogP contribution in [0, 0.1) is 11.3 Å². The molecule has 0 aromatic heterocycles. The predicted octanol–water partition coefficient (Wildman–Crippen LogP) is 1.83. The maximum atomic E-state index is 10.6. The van der Waals surface area contributed by atoms with Crippen molar-refractivity contribution in [3.05, 3.63) is 42.1 Å². The normalized spacial score (nSPS) is 8.79. The summed E-state index contributed by atoms with van der Waals surface area (Å²) in [6.45, 7) is 3.42. The molecule has 2 N–H and O–H groups in total. The molecule has 0 spiro atoms. The summed E-state index contributed by atoms with van der Waals surface area (Å²) in [6.07, 6.45) is 0. The minimum atomic E-state index is -1.00. The van der Waals surface area contributed by atoms with Gasteiger partial charge in [0.25, 0.3) is 0 Å². The third kappa shape index (κ3) is 2.35. The fourth-order valence-corrected chi connectivity index (χ4v) is 0.932. The summed E-state index contributed by atoms with van der Waals surface area (Å²) in [7, 11) is 0. The Morgan fingerprint density at radius 2 is 2.29 bits per heavy atom. The highest BCUT2D eigenvalue weighted by Crippen LogP contribution is 2.11. The van der Waals surface area contributed by atoms with Crippen LogP contribution in [0.2, 0.25) is 0 Å². The minimum Gasteiger partial charge on any atom is -0.478 e. The fourth-order valence-electron chi connectivity index (χ4n) is 0.932. The number of nitriles is 1. The number of aromatic carboxylic acids is 1. The third-order valence-corrected chi connectivity index (χ3v) is 1.54. The highest BCUT2D eigenvalue weighted by molar-refractivity contribution is 5.88. The zero-order valence-corrected chi connectivity index (χ0v) is 7.32. The van der Waals surface area contributed by atoms with Crippen LogP contribution in [-0.4, -0.2) is 11.1 Å². The molecule has 0 heterocycles. The summed E-state index contributed by atoms with van der Waals surface area (Å²) >= 11 is 0. The van der Waals surface area contributed by atoms with Gasteiger partial charge in [-0.2, -0.15) is 5.26 Å².